The van der Waals surface area contributed by atoms with Crippen LogP contribution in [0.2, 0.25) is 0 Å². The highest BCUT2D eigenvalue weighted by atomic mass is 16.5. The minimum Gasteiger partial charge on any atom is -0.507 e. The Morgan fingerprint density at radius 1 is 1.07 bits per heavy atom. The van der Waals surface area contributed by atoms with Gasteiger partial charge in [0.05, 0.1) is 18.9 Å². The van der Waals surface area contributed by atoms with E-state index in [0.717, 1.165) is 5.56 Å². The van der Waals surface area contributed by atoms with Crippen LogP contribution >= 0.6 is 0 Å². The van der Waals surface area contributed by atoms with Gasteiger partial charge in [0, 0.05) is 12.1 Å². The molecule has 1 aliphatic rings. The predicted molar refractivity (Wildman–Crippen MR) is 111 cm³/mol. The maximum atomic E-state index is 12.9. The average molecular weight is 403 g/mol. The Labute approximate surface area is 174 Å². The van der Waals surface area contributed by atoms with E-state index in [1.807, 2.05) is 30.3 Å². The van der Waals surface area contributed by atoms with Gasteiger partial charge in [-0.3, -0.25) is 9.59 Å². The van der Waals surface area contributed by atoms with Crippen LogP contribution in [0, 0.1) is 0 Å². The lowest BCUT2D eigenvalue weighted by atomic mass is 9.99. The lowest BCUT2D eigenvalue weighted by Crippen LogP contribution is -2.31. The number of nitrogens with zero attached hydrogens (tertiary/aromatic N) is 1. The molecular weight excluding hydrogens is 382 g/mol. The number of benzene rings is 2. The number of ether oxygens (including phenoxy) is 1. The van der Waals surface area contributed by atoms with E-state index in [-0.39, 0.29) is 11.3 Å². The molecular formula is C24H21NO5. The quantitative estimate of drug-likeness (QED) is 0.383. The first-order chi connectivity index (χ1) is 14.6. The maximum absolute atomic E-state index is 12.9. The monoisotopic (exact) mass is 403 g/mol. The number of hydrogen-bond acceptors (Lipinski definition) is 5. The van der Waals surface area contributed by atoms with Crippen LogP contribution in [0.15, 0.2) is 83.0 Å². The molecule has 1 aliphatic heterocycles. The van der Waals surface area contributed by atoms with Crippen LogP contribution in [0.5, 0.6) is 5.75 Å². The summed E-state index contributed by atoms with van der Waals surface area (Å²) in [6, 6.07) is 19.0. The van der Waals surface area contributed by atoms with E-state index >= 15 is 0 Å². The summed E-state index contributed by atoms with van der Waals surface area (Å²) in [6.45, 7) is 0.314. The molecule has 0 spiro atoms. The number of Topliss-reactive ketones (excluding diaryl/α,β-unsaturated/α-hetero) is 1. The number of carbonyl (C=O) groups is 2. The minimum atomic E-state index is -0.796. The number of hydrogen-bond donors (Lipinski definition) is 1. The second-order valence-corrected chi connectivity index (χ2v) is 6.98. The van der Waals surface area contributed by atoms with Gasteiger partial charge in [0.2, 0.25) is 0 Å². The Balaban J connectivity index is 1.75. The molecule has 152 valence electrons. The molecule has 3 aromatic rings. The molecule has 0 saturated carbocycles. The summed E-state index contributed by atoms with van der Waals surface area (Å²) in [5.41, 5.74) is 1.45. The Bertz CT molecular complexity index is 1090. The zero-order valence-corrected chi connectivity index (χ0v) is 16.4. The Morgan fingerprint density at radius 3 is 2.57 bits per heavy atom. The summed E-state index contributed by atoms with van der Waals surface area (Å²) in [5.74, 6) is -0.684. The van der Waals surface area contributed by atoms with Crippen molar-refractivity contribution in [3.05, 3.63) is 95.5 Å². The van der Waals surface area contributed by atoms with Crippen molar-refractivity contribution in [3.63, 3.8) is 0 Å². The van der Waals surface area contributed by atoms with Gasteiger partial charge in [-0.25, -0.2) is 0 Å². The molecule has 1 amide bonds. The fourth-order valence-electron chi connectivity index (χ4n) is 3.67. The van der Waals surface area contributed by atoms with Crippen molar-refractivity contribution in [2.45, 2.75) is 12.5 Å². The molecule has 30 heavy (non-hydrogen) atoms. The normalized spacial score (nSPS) is 18.0. The van der Waals surface area contributed by atoms with Gasteiger partial charge < -0.3 is 19.2 Å². The highest BCUT2D eigenvalue weighted by molar-refractivity contribution is 6.46. The van der Waals surface area contributed by atoms with Crippen LogP contribution in [0.3, 0.4) is 0 Å². The van der Waals surface area contributed by atoms with E-state index in [0.29, 0.717) is 30.0 Å². The SMILES string of the molecule is COc1cccc(C(O)=C2C(=O)C(=O)N(CCc3ccccc3)C2c2ccco2)c1. The number of aliphatic hydroxyl groups is 1. The van der Waals surface area contributed by atoms with Gasteiger partial charge in [-0.1, -0.05) is 42.5 Å². The molecule has 1 unspecified atom stereocenters. The zero-order valence-electron chi connectivity index (χ0n) is 16.4. The Hall–Kier alpha value is -3.80. The van der Waals surface area contributed by atoms with E-state index in [1.165, 1.54) is 18.3 Å². The summed E-state index contributed by atoms with van der Waals surface area (Å²) in [4.78, 5) is 27.2. The highest BCUT2D eigenvalue weighted by Crippen LogP contribution is 2.39. The molecule has 1 aromatic heterocycles. The number of carbonyl (C=O) groups excluding carboxylic acids is 2. The number of ketones is 1. The van der Waals surface area contributed by atoms with Crippen molar-refractivity contribution in [3.8, 4) is 5.75 Å². The number of likely N-dealkylation sites (tertiary alicyclic amines) is 1. The standard InChI is InChI=1S/C24H21NO5/c1-29-18-10-5-9-17(15-18)22(26)20-21(19-11-6-14-30-19)25(24(28)23(20)27)13-12-16-7-3-2-4-8-16/h2-11,14-15,21,26H,12-13H2,1H3. The van der Waals surface area contributed by atoms with Crippen LogP contribution in [0.1, 0.15) is 22.9 Å². The van der Waals surface area contributed by atoms with E-state index in [2.05, 4.69) is 0 Å². The van der Waals surface area contributed by atoms with Crippen molar-refractivity contribution in [1.82, 2.24) is 4.90 Å². The third kappa shape index (κ3) is 3.59. The van der Waals surface area contributed by atoms with Gasteiger partial charge in [0.1, 0.15) is 23.3 Å². The van der Waals surface area contributed by atoms with Crippen LogP contribution in [-0.2, 0) is 16.0 Å². The summed E-state index contributed by atoms with van der Waals surface area (Å²) < 4.78 is 10.8. The van der Waals surface area contributed by atoms with Crippen LogP contribution < -0.4 is 4.74 Å². The first-order valence-corrected chi connectivity index (χ1v) is 9.60. The maximum Gasteiger partial charge on any atom is 0.295 e. The van der Waals surface area contributed by atoms with Gasteiger partial charge in [-0.2, -0.15) is 0 Å². The molecule has 1 atom stereocenters. The van der Waals surface area contributed by atoms with Crippen LogP contribution in [0.25, 0.3) is 5.76 Å². The lowest BCUT2D eigenvalue weighted by Gasteiger charge is -2.23. The molecule has 2 heterocycles. The summed E-state index contributed by atoms with van der Waals surface area (Å²) >= 11 is 0. The van der Waals surface area contributed by atoms with Gasteiger partial charge >= 0.3 is 0 Å². The molecule has 1 saturated heterocycles. The predicted octanol–water partition coefficient (Wildman–Crippen LogP) is 3.95. The van der Waals surface area contributed by atoms with Gasteiger partial charge in [0.25, 0.3) is 11.7 Å². The smallest absolute Gasteiger partial charge is 0.295 e. The lowest BCUT2D eigenvalue weighted by molar-refractivity contribution is -0.140. The van der Waals surface area contributed by atoms with E-state index in [4.69, 9.17) is 9.15 Å². The van der Waals surface area contributed by atoms with E-state index in [1.54, 1.807) is 36.4 Å². The molecule has 4 rings (SSSR count). The zero-order chi connectivity index (χ0) is 21.1. The fraction of sp³-hybridized carbons (Fsp3) is 0.167. The van der Waals surface area contributed by atoms with Crippen molar-refractivity contribution < 1.29 is 23.8 Å². The van der Waals surface area contributed by atoms with E-state index in [9.17, 15) is 14.7 Å². The highest BCUT2D eigenvalue weighted by Gasteiger charge is 2.47. The summed E-state index contributed by atoms with van der Waals surface area (Å²) in [5, 5.41) is 11.0. The number of rotatable bonds is 6. The van der Waals surface area contributed by atoms with Gasteiger partial charge in [-0.15, -0.1) is 0 Å². The molecule has 6 nitrogen and oxygen atoms in total. The molecule has 0 aliphatic carbocycles. The third-order valence-corrected chi connectivity index (χ3v) is 5.18. The number of methoxy groups -OCH3 is 1. The van der Waals surface area contributed by atoms with Crippen molar-refractivity contribution in [1.29, 1.82) is 0 Å². The van der Waals surface area contributed by atoms with E-state index < -0.39 is 17.7 Å². The minimum absolute atomic E-state index is 0.0104. The topological polar surface area (TPSA) is 80.0 Å². The fourth-order valence-corrected chi connectivity index (χ4v) is 3.67. The number of aliphatic hydroxyl groups excluding tert-OH is 1. The molecule has 2 aromatic carbocycles. The third-order valence-electron chi connectivity index (χ3n) is 5.18. The van der Waals surface area contributed by atoms with Gasteiger partial charge in [-0.05, 0) is 36.2 Å². The Morgan fingerprint density at radius 2 is 1.87 bits per heavy atom. The summed E-state index contributed by atoms with van der Waals surface area (Å²) in [7, 11) is 1.52. The Kier molecular flexibility index (Phi) is 5.39. The number of amides is 1. The average Bonchev–Trinajstić information content (AvgIpc) is 3.40. The first kappa shape index (κ1) is 19.5. The molecule has 1 fully saturated rings. The largest absolute Gasteiger partial charge is 0.507 e. The molecule has 1 N–H and O–H groups in total. The second kappa shape index (κ2) is 8.29. The number of furan rings is 1. The van der Waals surface area contributed by atoms with Crippen molar-refractivity contribution in [2.24, 2.45) is 0 Å². The molecule has 0 radical (unpaired) electrons. The molecule has 0 bridgehead atoms. The van der Waals surface area contributed by atoms with Crippen LogP contribution in [0.4, 0.5) is 0 Å². The van der Waals surface area contributed by atoms with Crippen molar-refractivity contribution >= 4 is 17.4 Å². The van der Waals surface area contributed by atoms with Crippen LogP contribution in [-0.4, -0.2) is 35.4 Å². The first-order valence-electron chi connectivity index (χ1n) is 9.60. The van der Waals surface area contributed by atoms with Gasteiger partial charge in [0.15, 0.2) is 0 Å². The van der Waals surface area contributed by atoms with Crippen molar-refractivity contribution in [2.75, 3.05) is 13.7 Å². The second-order valence-electron chi connectivity index (χ2n) is 6.98. The molecule has 6 heteroatoms. The summed E-state index contributed by atoms with van der Waals surface area (Å²) in [6.07, 6.45) is 2.06.